The molecule has 7 N–H and O–H groups in total. The van der Waals surface area contributed by atoms with Crippen LogP contribution in [0.4, 0.5) is 11.4 Å². The number of hydrogen-bond acceptors (Lipinski definition) is 5. The van der Waals surface area contributed by atoms with E-state index < -0.39 is 0 Å². The molecule has 0 amide bonds. The van der Waals surface area contributed by atoms with Crippen LogP contribution in [0.1, 0.15) is 25.7 Å². The summed E-state index contributed by atoms with van der Waals surface area (Å²) in [6.45, 7) is 0. The number of nitrogens with two attached hydrogens (primary N) is 3. The number of halogens is 1. The minimum absolute atomic E-state index is 0.0604. The van der Waals surface area contributed by atoms with Crippen LogP contribution in [0.3, 0.4) is 0 Å². The van der Waals surface area contributed by atoms with E-state index in [0.29, 0.717) is 16.8 Å². The highest BCUT2D eigenvalue weighted by Crippen LogP contribution is 2.16. The summed E-state index contributed by atoms with van der Waals surface area (Å²) >= 11 is 5.58. The van der Waals surface area contributed by atoms with Gasteiger partial charge in [0.05, 0.1) is 16.8 Å². The highest BCUT2D eigenvalue weighted by Gasteiger charge is 2.14. The zero-order valence-electron chi connectivity index (χ0n) is 13.1. The first-order chi connectivity index (χ1) is 11.0. The molecule has 0 bridgehead atoms. The molecule has 6 heteroatoms. The van der Waals surface area contributed by atoms with Crippen molar-refractivity contribution in [3.63, 3.8) is 0 Å². The highest BCUT2D eigenvalue weighted by molar-refractivity contribution is 6.33. The Balaban J connectivity index is 0.000000173. The van der Waals surface area contributed by atoms with Gasteiger partial charge in [0.1, 0.15) is 0 Å². The van der Waals surface area contributed by atoms with Crippen molar-refractivity contribution in [1.82, 2.24) is 4.98 Å². The predicted octanol–water partition coefficient (Wildman–Crippen LogP) is 2.83. The fourth-order valence-corrected chi connectivity index (χ4v) is 2.08. The van der Waals surface area contributed by atoms with E-state index in [-0.39, 0.29) is 6.10 Å². The summed E-state index contributed by atoms with van der Waals surface area (Å²) in [7, 11) is 0. The summed E-state index contributed by atoms with van der Waals surface area (Å²) in [5.74, 6) is 0. The lowest BCUT2D eigenvalue weighted by atomic mass is 9.94. The maximum atomic E-state index is 8.97. The topological polar surface area (TPSA) is 111 Å². The summed E-state index contributed by atoms with van der Waals surface area (Å²) < 4.78 is 0. The van der Waals surface area contributed by atoms with Gasteiger partial charge >= 0.3 is 0 Å². The normalized spacial score (nSPS) is 19.6. The number of para-hydroxylation sites is 1. The van der Waals surface area contributed by atoms with Crippen LogP contribution in [-0.2, 0) is 0 Å². The molecule has 5 nitrogen and oxygen atoms in total. The molecule has 0 unspecified atom stereocenters. The van der Waals surface area contributed by atoms with Gasteiger partial charge in [-0.1, -0.05) is 23.7 Å². The average Bonchev–Trinajstić information content (AvgIpc) is 2.55. The number of nitrogens with zero attached hydrogens (tertiary/aromatic N) is 1. The molecule has 0 aliphatic heterocycles. The van der Waals surface area contributed by atoms with Crippen molar-refractivity contribution in [2.45, 2.75) is 37.8 Å². The second kappa shape index (κ2) is 10.8. The summed E-state index contributed by atoms with van der Waals surface area (Å²) in [6, 6.07) is 11.1. The quantitative estimate of drug-likeness (QED) is 0.553. The molecule has 1 aliphatic rings. The van der Waals surface area contributed by atoms with Crippen LogP contribution < -0.4 is 17.2 Å². The molecule has 0 saturated heterocycles. The van der Waals surface area contributed by atoms with Crippen molar-refractivity contribution in [2.24, 2.45) is 5.73 Å². The van der Waals surface area contributed by atoms with Crippen LogP contribution in [-0.4, -0.2) is 22.2 Å². The Morgan fingerprint density at radius 1 is 0.957 bits per heavy atom. The first-order valence-electron chi connectivity index (χ1n) is 7.58. The van der Waals surface area contributed by atoms with E-state index in [2.05, 4.69) is 4.98 Å². The SMILES string of the molecule is NC1CCC(O)CC1.Nc1ccccc1Cl.Nc1ccncc1. The number of aliphatic hydroxyl groups is 1. The molecule has 3 rings (SSSR count). The zero-order chi connectivity index (χ0) is 17.1. The van der Waals surface area contributed by atoms with Gasteiger partial charge in [0.25, 0.3) is 0 Å². The van der Waals surface area contributed by atoms with Gasteiger partial charge in [0, 0.05) is 24.1 Å². The van der Waals surface area contributed by atoms with Crippen LogP contribution in [0.25, 0.3) is 0 Å². The number of benzene rings is 1. The fraction of sp³-hybridized carbons (Fsp3) is 0.353. The number of aliphatic hydroxyl groups excluding tert-OH is 1. The standard InChI is InChI=1S/C6H6ClN.C6H13NO.C5H6N2/c7-5-3-1-2-4-6(5)8;7-5-1-3-6(8)4-2-5;6-5-1-3-7-4-2-5/h1-4H,8H2;5-6,8H,1-4,7H2;1-4H,(H2,6,7). The van der Waals surface area contributed by atoms with Gasteiger partial charge in [-0.15, -0.1) is 0 Å². The van der Waals surface area contributed by atoms with Gasteiger partial charge in [-0.3, -0.25) is 4.98 Å². The Hall–Kier alpha value is -1.82. The van der Waals surface area contributed by atoms with Crippen LogP contribution in [0, 0.1) is 0 Å². The molecule has 1 aliphatic carbocycles. The van der Waals surface area contributed by atoms with Gasteiger partial charge in [-0.05, 0) is 49.9 Å². The third-order valence-electron chi connectivity index (χ3n) is 3.35. The van der Waals surface area contributed by atoms with Gasteiger partial charge in [0.15, 0.2) is 0 Å². The average molecular weight is 337 g/mol. The predicted molar refractivity (Wildman–Crippen MR) is 97.0 cm³/mol. The van der Waals surface area contributed by atoms with E-state index in [0.717, 1.165) is 31.4 Å². The minimum Gasteiger partial charge on any atom is -0.399 e. The van der Waals surface area contributed by atoms with Crippen molar-refractivity contribution in [2.75, 3.05) is 11.5 Å². The van der Waals surface area contributed by atoms with E-state index in [4.69, 9.17) is 33.9 Å². The van der Waals surface area contributed by atoms with Crippen molar-refractivity contribution < 1.29 is 5.11 Å². The largest absolute Gasteiger partial charge is 0.399 e. The van der Waals surface area contributed by atoms with Crippen LogP contribution in [0.5, 0.6) is 0 Å². The third-order valence-corrected chi connectivity index (χ3v) is 3.70. The van der Waals surface area contributed by atoms with Crippen molar-refractivity contribution in [1.29, 1.82) is 0 Å². The first-order valence-corrected chi connectivity index (χ1v) is 7.96. The van der Waals surface area contributed by atoms with Gasteiger partial charge in [0.2, 0.25) is 0 Å². The zero-order valence-corrected chi connectivity index (χ0v) is 13.9. The molecular formula is C17H25ClN4O. The summed E-state index contributed by atoms with van der Waals surface area (Å²) in [6.07, 6.45) is 7.07. The maximum absolute atomic E-state index is 8.97. The second-order valence-corrected chi connectivity index (χ2v) is 5.78. The lowest BCUT2D eigenvalue weighted by Crippen LogP contribution is -2.28. The van der Waals surface area contributed by atoms with E-state index >= 15 is 0 Å². The lowest BCUT2D eigenvalue weighted by molar-refractivity contribution is 0.123. The molecule has 1 heterocycles. The summed E-state index contributed by atoms with van der Waals surface area (Å²) in [5.41, 5.74) is 17.7. The molecule has 23 heavy (non-hydrogen) atoms. The highest BCUT2D eigenvalue weighted by atomic mass is 35.5. The van der Waals surface area contributed by atoms with Crippen LogP contribution in [0.15, 0.2) is 48.8 Å². The maximum Gasteiger partial charge on any atom is 0.0635 e. The molecule has 1 saturated carbocycles. The Morgan fingerprint density at radius 2 is 1.52 bits per heavy atom. The summed E-state index contributed by atoms with van der Waals surface area (Å²) in [5, 5.41) is 9.59. The number of rotatable bonds is 0. The Kier molecular flexibility index (Phi) is 9.05. The van der Waals surface area contributed by atoms with Crippen molar-refractivity contribution >= 4 is 23.0 Å². The van der Waals surface area contributed by atoms with Crippen LogP contribution >= 0.6 is 11.6 Å². The second-order valence-electron chi connectivity index (χ2n) is 5.37. The molecule has 0 radical (unpaired) electrons. The van der Waals surface area contributed by atoms with Gasteiger partial charge < -0.3 is 22.3 Å². The number of pyridine rings is 1. The number of anilines is 2. The molecule has 126 valence electrons. The smallest absolute Gasteiger partial charge is 0.0635 e. The van der Waals surface area contributed by atoms with E-state index in [1.165, 1.54) is 0 Å². The van der Waals surface area contributed by atoms with Crippen LogP contribution in [0.2, 0.25) is 5.02 Å². The van der Waals surface area contributed by atoms with E-state index in [1.807, 2.05) is 12.1 Å². The Labute approximate surface area is 142 Å². The molecule has 1 aromatic heterocycles. The van der Waals surface area contributed by atoms with Crippen molar-refractivity contribution in [3.05, 3.63) is 53.8 Å². The van der Waals surface area contributed by atoms with Gasteiger partial charge in [-0.25, -0.2) is 0 Å². The number of nitrogen functional groups attached to an aromatic ring is 2. The Bertz CT molecular complexity index is 514. The molecule has 1 aromatic carbocycles. The monoisotopic (exact) mass is 336 g/mol. The lowest BCUT2D eigenvalue weighted by Gasteiger charge is -2.21. The Morgan fingerprint density at radius 3 is 1.87 bits per heavy atom. The third kappa shape index (κ3) is 9.03. The van der Waals surface area contributed by atoms with Gasteiger partial charge in [-0.2, -0.15) is 0 Å². The minimum atomic E-state index is -0.0604. The number of hydrogen-bond donors (Lipinski definition) is 4. The summed E-state index contributed by atoms with van der Waals surface area (Å²) in [4.78, 5) is 3.77. The molecular weight excluding hydrogens is 312 g/mol. The van der Waals surface area contributed by atoms with Crippen molar-refractivity contribution in [3.8, 4) is 0 Å². The van der Waals surface area contributed by atoms with E-state index in [9.17, 15) is 0 Å². The molecule has 1 fully saturated rings. The number of aromatic nitrogens is 1. The molecule has 2 aromatic rings. The molecule has 0 atom stereocenters. The molecule has 0 spiro atoms. The first kappa shape index (κ1) is 19.2. The van der Waals surface area contributed by atoms with E-state index in [1.54, 1.807) is 36.7 Å². The fourth-order valence-electron chi connectivity index (χ4n) is 1.94.